The third kappa shape index (κ3) is 4.91. The van der Waals surface area contributed by atoms with Crippen LogP contribution < -0.4 is 0 Å². The predicted molar refractivity (Wildman–Crippen MR) is 110 cm³/mol. The molecule has 1 saturated heterocycles. The van der Waals surface area contributed by atoms with Gasteiger partial charge in [0.2, 0.25) is 10.0 Å². The van der Waals surface area contributed by atoms with Crippen molar-refractivity contribution < 1.29 is 27.2 Å². The van der Waals surface area contributed by atoms with E-state index in [0.29, 0.717) is 22.6 Å². The molecule has 162 valence electrons. The van der Waals surface area contributed by atoms with Gasteiger partial charge in [0.05, 0.1) is 5.75 Å². The SMILES string of the molecule is Cc1oc(C)c(C(=O)OCC(=O)N2CCN(S(=O)(=O)Cc3ccccc3)CC2)c1C. The zero-order valence-electron chi connectivity index (χ0n) is 17.4. The third-order valence-corrected chi connectivity index (χ3v) is 7.12. The van der Waals surface area contributed by atoms with E-state index in [-0.39, 0.29) is 37.8 Å². The highest BCUT2D eigenvalue weighted by atomic mass is 32.2. The lowest BCUT2D eigenvalue weighted by Gasteiger charge is -2.33. The molecule has 0 atom stereocenters. The highest BCUT2D eigenvalue weighted by molar-refractivity contribution is 7.88. The number of carbonyl (C=O) groups is 2. The van der Waals surface area contributed by atoms with Crippen LogP contribution in [0.4, 0.5) is 0 Å². The van der Waals surface area contributed by atoms with Crippen LogP contribution in [0, 0.1) is 20.8 Å². The fourth-order valence-corrected chi connectivity index (χ4v) is 4.99. The van der Waals surface area contributed by atoms with Crippen molar-refractivity contribution in [3.05, 3.63) is 58.5 Å². The quantitative estimate of drug-likeness (QED) is 0.646. The van der Waals surface area contributed by atoms with Crippen LogP contribution in [0.2, 0.25) is 0 Å². The molecule has 0 saturated carbocycles. The summed E-state index contributed by atoms with van der Waals surface area (Å²) in [6.45, 7) is 5.75. The van der Waals surface area contributed by atoms with E-state index in [1.165, 1.54) is 9.21 Å². The average Bonchev–Trinajstić information content (AvgIpc) is 2.98. The number of aryl methyl sites for hydroxylation is 2. The highest BCUT2D eigenvalue weighted by Crippen LogP contribution is 2.21. The zero-order chi connectivity index (χ0) is 21.9. The van der Waals surface area contributed by atoms with Gasteiger partial charge in [-0.2, -0.15) is 4.31 Å². The first-order valence-electron chi connectivity index (χ1n) is 9.72. The molecule has 2 heterocycles. The summed E-state index contributed by atoms with van der Waals surface area (Å²) >= 11 is 0. The van der Waals surface area contributed by atoms with E-state index in [2.05, 4.69) is 0 Å². The van der Waals surface area contributed by atoms with E-state index < -0.39 is 22.6 Å². The van der Waals surface area contributed by atoms with Crippen molar-refractivity contribution in [3.63, 3.8) is 0 Å². The minimum atomic E-state index is -3.45. The Morgan fingerprint density at radius 2 is 1.63 bits per heavy atom. The number of esters is 1. The van der Waals surface area contributed by atoms with Crippen molar-refractivity contribution in [3.8, 4) is 0 Å². The summed E-state index contributed by atoms with van der Waals surface area (Å²) in [5.74, 6) is 0.0823. The molecule has 0 unspecified atom stereocenters. The van der Waals surface area contributed by atoms with Crippen LogP contribution in [0.15, 0.2) is 34.7 Å². The van der Waals surface area contributed by atoms with E-state index >= 15 is 0 Å². The number of benzene rings is 1. The van der Waals surface area contributed by atoms with Gasteiger partial charge >= 0.3 is 5.97 Å². The molecule has 0 bridgehead atoms. The van der Waals surface area contributed by atoms with E-state index in [1.807, 2.05) is 6.07 Å². The van der Waals surface area contributed by atoms with Crippen molar-refractivity contribution in [2.75, 3.05) is 32.8 Å². The van der Waals surface area contributed by atoms with E-state index in [9.17, 15) is 18.0 Å². The first kappa shape index (κ1) is 22.0. The van der Waals surface area contributed by atoms with E-state index in [4.69, 9.17) is 9.15 Å². The second-order valence-corrected chi connectivity index (χ2v) is 9.28. The minimum Gasteiger partial charge on any atom is -0.465 e. The topological polar surface area (TPSA) is 97.1 Å². The highest BCUT2D eigenvalue weighted by Gasteiger charge is 2.29. The molecule has 1 aliphatic rings. The molecule has 3 rings (SSSR count). The maximum atomic E-state index is 12.6. The fraction of sp³-hybridized carbons (Fsp3) is 0.429. The molecule has 2 aromatic rings. The molecule has 0 radical (unpaired) electrons. The normalized spacial score (nSPS) is 15.2. The second-order valence-electron chi connectivity index (χ2n) is 7.31. The number of furan rings is 1. The largest absolute Gasteiger partial charge is 0.465 e. The Kier molecular flexibility index (Phi) is 6.62. The molecule has 8 nitrogen and oxygen atoms in total. The Balaban J connectivity index is 1.51. The van der Waals surface area contributed by atoms with Crippen LogP contribution in [0.25, 0.3) is 0 Å². The lowest BCUT2D eigenvalue weighted by Crippen LogP contribution is -2.51. The number of ether oxygens (including phenoxy) is 1. The van der Waals surface area contributed by atoms with Crippen LogP contribution in [0.3, 0.4) is 0 Å². The number of hydrogen-bond donors (Lipinski definition) is 0. The first-order chi connectivity index (χ1) is 14.2. The molecule has 30 heavy (non-hydrogen) atoms. The van der Waals surface area contributed by atoms with Crippen molar-refractivity contribution in [2.45, 2.75) is 26.5 Å². The molecule has 1 aromatic carbocycles. The van der Waals surface area contributed by atoms with Gasteiger partial charge in [0.25, 0.3) is 5.91 Å². The van der Waals surface area contributed by atoms with Crippen molar-refractivity contribution in [2.24, 2.45) is 0 Å². The molecule has 9 heteroatoms. The number of rotatable bonds is 6. The Labute approximate surface area is 176 Å². The van der Waals surface area contributed by atoms with Crippen molar-refractivity contribution in [1.82, 2.24) is 9.21 Å². The molecule has 0 spiro atoms. The smallest absolute Gasteiger partial charge is 0.342 e. The van der Waals surface area contributed by atoms with E-state index in [1.54, 1.807) is 45.0 Å². The van der Waals surface area contributed by atoms with Gasteiger partial charge < -0.3 is 14.1 Å². The maximum absolute atomic E-state index is 12.6. The number of nitrogens with zero attached hydrogens (tertiary/aromatic N) is 2. The van der Waals surface area contributed by atoms with Gasteiger partial charge in [-0.05, 0) is 26.3 Å². The number of piperazine rings is 1. The Bertz CT molecular complexity index is 1020. The molecule has 1 amide bonds. The summed E-state index contributed by atoms with van der Waals surface area (Å²) < 4.78 is 37.2. The number of carbonyl (C=O) groups excluding carboxylic acids is 2. The Morgan fingerprint density at radius 3 is 2.20 bits per heavy atom. The minimum absolute atomic E-state index is 0.0672. The second kappa shape index (κ2) is 9.01. The molecule has 0 N–H and O–H groups in total. The van der Waals surface area contributed by atoms with Gasteiger partial charge in [0.1, 0.15) is 17.1 Å². The van der Waals surface area contributed by atoms with Crippen LogP contribution in [0.1, 0.15) is 33.0 Å². The summed E-state index contributed by atoms with van der Waals surface area (Å²) in [4.78, 5) is 26.2. The van der Waals surface area contributed by atoms with Gasteiger partial charge in [0, 0.05) is 31.7 Å². The van der Waals surface area contributed by atoms with Crippen LogP contribution in [-0.2, 0) is 25.3 Å². The van der Waals surface area contributed by atoms with Gasteiger partial charge in [-0.1, -0.05) is 30.3 Å². The van der Waals surface area contributed by atoms with Crippen molar-refractivity contribution >= 4 is 21.9 Å². The predicted octanol–water partition coefficient (Wildman–Crippen LogP) is 2.04. The maximum Gasteiger partial charge on any atom is 0.342 e. The summed E-state index contributed by atoms with van der Waals surface area (Å²) in [5, 5.41) is 0. The molecule has 0 aliphatic carbocycles. The molecule has 1 aromatic heterocycles. The van der Waals surface area contributed by atoms with Gasteiger partial charge in [-0.25, -0.2) is 13.2 Å². The van der Waals surface area contributed by atoms with Crippen LogP contribution >= 0.6 is 0 Å². The average molecular weight is 435 g/mol. The molecular weight excluding hydrogens is 408 g/mol. The van der Waals surface area contributed by atoms with Gasteiger partial charge in [-0.3, -0.25) is 4.79 Å². The number of hydrogen-bond acceptors (Lipinski definition) is 6. The number of amides is 1. The molecule has 1 aliphatic heterocycles. The zero-order valence-corrected chi connectivity index (χ0v) is 18.2. The third-order valence-electron chi connectivity index (χ3n) is 5.27. The summed E-state index contributed by atoms with van der Waals surface area (Å²) in [6.07, 6.45) is 0. The standard InChI is InChI=1S/C21H26N2O6S/c1-15-16(2)29-17(3)20(15)21(25)28-13-19(24)22-9-11-23(12-10-22)30(26,27)14-18-7-5-4-6-8-18/h4-8H,9-14H2,1-3H3. The first-order valence-corrected chi connectivity index (χ1v) is 11.3. The Morgan fingerprint density at radius 1 is 1.00 bits per heavy atom. The molecular formula is C21H26N2O6S. The summed E-state index contributed by atoms with van der Waals surface area (Å²) in [6, 6.07) is 8.99. The summed E-state index contributed by atoms with van der Waals surface area (Å²) in [7, 11) is -3.45. The van der Waals surface area contributed by atoms with Gasteiger partial charge in [-0.15, -0.1) is 0 Å². The summed E-state index contributed by atoms with van der Waals surface area (Å²) in [5.41, 5.74) is 1.77. The lowest BCUT2D eigenvalue weighted by molar-refractivity contribution is -0.135. The van der Waals surface area contributed by atoms with Crippen LogP contribution in [-0.4, -0.2) is 62.3 Å². The van der Waals surface area contributed by atoms with Gasteiger partial charge in [0.15, 0.2) is 6.61 Å². The number of sulfonamides is 1. The van der Waals surface area contributed by atoms with E-state index in [0.717, 1.165) is 5.56 Å². The van der Waals surface area contributed by atoms with Crippen LogP contribution in [0.5, 0.6) is 0 Å². The lowest BCUT2D eigenvalue weighted by atomic mass is 10.1. The fourth-order valence-electron chi connectivity index (χ4n) is 3.48. The molecule has 1 fully saturated rings. The monoisotopic (exact) mass is 434 g/mol. The Hall–Kier alpha value is -2.65. The van der Waals surface area contributed by atoms with Crippen molar-refractivity contribution in [1.29, 1.82) is 0 Å².